The molecule has 3 heteroatoms. The zero-order valence-corrected chi connectivity index (χ0v) is 11.0. The van der Waals surface area contributed by atoms with Crippen LogP contribution in [-0.4, -0.2) is 18.2 Å². The number of methoxy groups -OCH3 is 1. The molecular formula is C15H18O3. The minimum absolute atomic E-state index is 0.409. The van der Waals surface area contributed by atoms with Crippen LogP contribution in [0.2, 0.25) is 0 Å². The molecule has 0 unspecified atom stereocenters. The first kappa shape index (κ1) is 12.7. The van der Waals surface area contributed by atoms with Gasteiger partial charge in [0, 0.05) is 6.08 Å². The third-order valence-corrected chi connectivity index (χ3v) is 3.33. The Bertz CT molecular complexity index is 487. The van der Waals surface area contributed by atoms with E-state index in [4.69, 9.17) is 9.84 Å². The third kappa shape index (κ3) is 2.55. The minimum atomic E-state index is -0.869. The summed E-state index contributed by atoms with van der Waals surface area (Å²) in [4.78, 5) is 11.0. The van der Waals surface area contributed by atoms with Crippen LogP contribution in [0, 0.1) is 19.8 Å². The molecule has 1 aromatic rings. The molecule has 0 atom stereocenters. The SMILES string of the molecule is COc1cc(C)c(/C(=C/C(=O)O)C2CC2)c(C)c1. The van der Waals surface area contributed by atoms with Crippen molar-refractivity contribution in [2.24, 2.45) is 5.92 Å². The average Bonchev–Trinajstić information content (AvgIpc) is 3.09. The number of aryl methyl sites for hydroxylation is 2. The van der Waals surface area contributed by atoms with Crippen molar-refractivity contribution in [1.82, 2.24) is 0 Å². The van der Waals surface area contributed by atoms with Gasteiger partial charge in [0.1, 0.15) is 5.75 Å². The summed E-state index contributed by atoms with van der Waals surface area (Å²) in [5.74, 6) is 0.359. The summed E-state index contributed by atoms with van der Waals surface area (Å²) < 4.78 is 5.23. The average molecular weight is 246 g/mol. The number of carboxylic acid groups (broad SMARTS) is 1. The van der Waals surface area contributed by atoms with Crippen LogP contribution in [0.25, 0.3) is 5.57 Å². The van der Waals surface area contributed by atoms with Gasteiger partial charge in [-0.2, -0.15) is 0 Å². The lowest BCUT2D eigenvalue weighted by molar-refractivity contribution is -0.131. The fourth-order valence-corrected chi connectivity index (χ4v) is 2.42. The van der Waals surface area contributed by atoms with Crippen molar-refractivity contribution in [3.8, 4) is 5.75 Å². The highest BCUT2D eigenvalue weighted by atomic mass is 16.5. The monoisotopic (exact) mass is 246 g/mol. The molecule has 96 valence electrons. The summed E-state index contributed by atoms with van der Waals surface area (Å²) in [6.07, 6.45) is 3.54. The van der Waals surface area contributed by atoms with Crippen LogP contribution in [0.15, 0.2) is 18.2 Å². The van der Waals surface area contributed by atoms with E-state index in [1.807, 2.05) is 26.0 Å². The van der Waals surface area contributed by atoms with E-state index in [0.29, 0.717) is 5.92 Å². The second kappa shape index (κ2) is 4.84. The Balaban J connectivity index is 2.51. The van der Waals surface area contributed by atoms with Crippen molar-refractivity contribution in [1.29, 1.82) is 0 Å². The highest BCUT2D eigenvalue weighted by Crippen LogP contribution is 2.44. The fraction of sp³-hybridized carbons (Fsp3) is 0.400. The van der Waals surface area contributed by atoms with Gasteiger partial charge in [0.2, 0.25) is 0 Å². The molecule has 1 N–H and O–H groups in total. The molecule has 0 heterocycles. The predicted octanol–water partition coefficient (Wildman–Crippen LogP) is 3.19. The predicted molar refractivity (Wildman–Crippen MR) is 70.8 cm³/mol. The number of rotatable bonds is 4. The zero-order chi connectivity index (χ0) is 13.3. The smallest absolute Gasteiger partial charge is 0.328 e. The van der Waals surface area contributed by atoms with E-state index >= 15 is 0 Å². The number of aliphatic carboxylic acids is 1. The Morgan fingerprint density at radius 3 is 2.28 bits per heavy atom. The molecule has 0 aromatic heterocycles. The van der Waals surface area contributed by atoms with E-state index in [9.17, 15) is 4.79 Å². The van der Waals surface area contributed by atoms with Gasteiger partial charge in [-0.05, 0) is 67.0 Å². The topological polar surface area (TPSA) is 46.5 Å². The van der Waals surface area contributed by atoms with Crippen LogP contribution in [0.4, 0.5) is 0 Å². The van der Waals surface area contributed by atoms with Crippen LogP contribution in [0.1, 0.15) is 29.5 Å². The van der Waals surface area contributed by atoms with Crippen LogP contribution in [-0.2, 0) is 4.79 Å². The van der Waals surface area contributed by atoms with Gasteiger partial charge in [-0.25, -0.2) is 4.79 Å². The zero-order valence-electron chi connectivity index (χ0n) is 11.0. The maximum Gasteiger partial charge on any atom is 0.328 e. The largest absolute Gasteiger partial charge is 0.497 e. The number of carbonyl (C=O) groups is 1. The summed E-state index contributed by atoms with van der Waals surface area (Å²) in [5, 5.41) is 9.00. The number of allylic oxidation sites excluding steroid dienone is 1. The molecule has 18 heavy (non-hydrogen) atoms. The van der Waals surface area contributed by atoms with Crippen LogP contribution in [0.3, 0.4) is 0 Å². The maximum absolute atomic E-state index is 11.0. The fourth-order valence-electron chi connectivity index (χ4n) is 2.42. The first-order chi connectivity index (χ1) is 8.52. The Hall–Kier alpha value is -1.77. The highest BCUT2D eigenvalue weighted by Gasteiger charge is 2.29. The summed E-state index contributed by atoms with van der Waals surface area (Å²) >= 11 is 0. The maximum atomic E-state index is 11.0. The normalized spacial score (nSPS) is 15.6. The van der Waals surface area contributed by atoms with E-state index in [0.717, 1.165) is 40.9 Å². The van der Waals surface area contributed by atoms with Gasteiger partial charge in [-0.1, -0.05) is 0 Å². The van der Waals surface area contributed by atoms with Crippen LogP contribution < -0.4 is 4.74 Å². The van der Waals surface area contributed by atoms with E-state index in [-0.39, 0.29) is 0 Å². The molecule has 3 nitrogen and oxygen atoms in total. The van der Waals surface area contributed by atoms with Crippen molar-refractivity contribution >= 4 is 11.5 Å². The van der Waals surface area contributed by atoms with E-state index < -0.39 is 5.97 Å². The summed E-state index contributed by atoms with van der Waals surface area (Å²) in [7, 11) is 1.64. The van der Waals surface area contributed by atoms with Gasteiger partial charge >= 0.3 is 5.97 Å². The molecule has 1 fully saturated rings. The number of benzene rings is 1. The minimum Gasteiger partial charge on any atom is -0.497 e. The Kier molecular flexibility index (Phi) is 3.41. The Morgan fingerprint density at radius 1 is 1.33 bits per heavy atom. The second-order valence-electron chi connectivity index (χ2n) is 4.85. The Labute approximate surface area is 107 Å². The van der Waals surface area contributed by atoms with Gasteiger partial charge < -0.3 is 9.84 Å². The molecule has 0 bridgehead atoms. The molecule has 1 aliphatic carbocycles. The van der Waals surface area contributed by atoms with Crippen molar-refractivity contribution in [2.45, 2.75) is 26.7 Å². The molecule has 0 amide bonds. The van der Waals surface area contributed by atoms with E-state index in [1.165, 1.54) is 6.08 Å². The molecule has 0 aliphatic heterocycles. The molecule has 1 saturated carbocycles. The third-order valence-electron chi connectivity index (χ3n) is 3.33. The first-order valence-electron chi connectivity index (χ1n) is 6.13. The molecule has 2 rings (SSSR count). The van der Waals surface area contributed by atoms with E-state index in [1.54, 1.807) is 7.11 Å². The number of carboxylic acids is 1. The summed E-state index contributed by atoms with van der Waals surface area (Å²) in [6, 6.07) is 3.92. The second-order valence-corrected chi connectivity index (χ2v) is 4.85. The highest BCUT2D eigenvalue weighted by molar-refractivity contribution is 5.92. The standard InChI is InChI=1S/C15H18O3/c1-9-6-12(18-3)7-10(2)15(9)13(8-14(16)17)11-4-5-11/h6-8,11H,4-5H2,1-3H3,(H,16,17)/b13-8+. The quantitative estimate of drug-likeness (QED) is 0.830. The van der Waals surface area contributed by atoms with E-state index in [2.05, 4.69) is 0 Å². The van der Waals surface area contributed by atoms with Gasteiger partial charge in [-0.3, -0.25) is 0 Å². The molecular weight excluding hydrogens is 228 g/mol. The lowest BCUT2D eigenvalue weighted by Gasteiger charge is -2.14. The van der Waals surface area contributed by atoms with Crippen molar-refractivity contribution in [2.75, 3.05) is 7.11 Å². The summed E-state index contributed by atoms with van der Waals surface area (Å²) in [6.45, 7) is 4.01. The molecule has 0 spiro atoms. The van der Waals surface area contributed by atoms with Gasteiger partial charge in [-0.15, -0.1) is 0 Å². The van der Waals surface area contributed by atoms with Crippen molar-refractivity contribution in [3.05, 3.63) is 34.9 Å². The molecule has 0 saturated heterocycles. The van der Waals surface area contributed by atoms with Gasteiger partial charge in [0.05, 0.1) is 7.11 Å². The van der Waals surface area contributed by atoms with Gasteiger partial charge in [0.25, 0.3) is 0 Å². The Morgan fingerprint density at radius 2 is 1.89 bits per heavy atom. The molecule has 1 aliphatic rings. The van der Waals surface area contributed by atoms with Crippen molar-refractivity contribution < 1.29 is 14.6 Å². The van der Waals surface area contributed by atoms with Gasteiger partial charge in [0.15, 0.2) is 0 Å². The first-order valence-corrected chi connectivity index (χ1v) is 6.13. The summed E-state index contributed by atoms with van der Waals surface area (Å²) in [5.41, 5.74) is 4.18. The number of hydrogen-bond acceptors (Lipinski definition) is 2. The lowest BCUT2D eigenvalue weighted by atomic mass is 9.92. The number of hydrogen-bond donors (Lipinski definition) is 1. The molecule has 1 aromatic carbocycles. The number of ether oxygens (including phenoxy) is 1. The van der Waals surface area contributed by atoms with Crippen LogP contribution in [0.5, 0.6) is 5.75 Å². The molecule has 0 radical (unpaired) electrons. The van der Waals surface area contributed by atoms with Crippen LogP contribution >= 0.6 is 0 Å². The van der Waals surface area contributed by atoms with Crippen molar-refractivity contribution in [3.63, 3.8) is 0 Å². The lowest BCUT2D eigenvalue weighted by Crippen LogP contribution is -2.00.